The number of rotatable bonds is 15. The fourth-order valence-electron chi connectivity index (χ4n) is 4.04. The van der Waals surface area contributed by atoms with Crippen molar-refractivity contribution in [2.45, 2.75) is 111 Å². The first-order valence-electron chi connectivity index (χ1n) is 12.2. The molecule has 0 aromatic rings. The molecule has 0 aliphatic heterocycles. The Hall–Kier alpha value is -1.06. The van der Waals surface area contributed by atoms with Crippen molar-refractivity contribution in [2.24, 2.45) is 23.7 Å². The summed E-state index contributed by atoms with van der Waals surface area (Å²) in [7, 11) is 0. The van der Waals surface area contributed by atoms with Crippen LogP contribution >= 0.6 is 0 Å². The molecule has 170 valence electrons. The van der Waals surface area contributed by atoms with E-state index >= 15 is 0 Å². The lowest BCUT2D eigenvalue weighted by atomic mass is 9.81. The van der Waals surface area contributed by atoms with E-state index in [0.717, 1.165) is 56.8 Å². The van der Waals surface area contributed by atoms with Gasteiger partial charge >= 0.3 is 11.9 Å². The van der Waals surface area contributed by atoms with Gasteiger partial charge in [-0.1, -0.05) is 79.1 Å². The van der Waals surface area contributed by atoms with Crippen LogP contribution in [0, 0.1) is 23.7 Å². The van der Waals surface area contributed by atoms with Crippen LogP contribution < -0.4 is 0 Å². The third-order valence-corrected chi connectivity index (χ3v) is 5.93. The second-order valence-corrected chi connectivity index (χ2v) is 9.74. The Labute approximate surface area is 179 Å². The molecule has 0 spiro atoms. The predicted molar refractivity (Wildman–Crippen MR) is 119 cm³/mol. The number of hydrogen-bond donors (Lipinski definition) is 0. The van der Waals surface area contributed by atoms with E-state index in [1.807, 2.05) is 0 Å². The van der Waals surface area contributed by atoms with Crippen molar-refractivity contribution in [3.63, 3.8) is 0 Å². The molecule has 0 aromatic carbocycles. The average molecular weight is 411 g/mol. The molecule has 0 heterocycles. The van der Waals surface area contributed by atoms with E-state index in [1.165, 1.54) is 32.1 Å². The minimum atomic E-state index is -0.131. The standard InChI is InChI=1S/C25H46O4/c1-20(2)13-8-5-6-10-17-28-24(26)22-15-12-16-23(19-22)25(27)29-18-11-7-9-14-21(3)4/h20-23H,5-19H2,1-4H3. The molecule has 0 bridgehead atoms. The number of carbonyl (C=O) groups is 2. The molecule has 0 aromatic heterocycles. The molecule has 29 heavy (non-hydrogen) atoms. The Balaban J connectivity index is 2.14. The van der Waals surface area contributed by atoms with E-state index in [1.54, 1.807) is 0 Å². The topological polar surface area (TPSA) is 52.6 Å². The molecule has 2 unspecified atom stereocenters. The van der Waals surface area contributed by atoms with Crippen molar-refractivity contribution in [1.82, 2.24) is 0 Å². The van der Waals surface area contributed by atoms with Crippen LogP contribution in [0.3, 0.4) is 0 Å². The molecular formula is C25H46O4. The largest absolute Gasteiger partial charge is 0.465 e. The Kier molecular flexibility index (Phi) is 14.1. The normalized spacial score (nSPS) is 19.5. The fourth-order valence-corrected chi connectivity index (χ4v) is 4.04. The molecule has 1 rings (SSSR count). The zero-order chi connectivity index (χ0) is 21.5. The molecule has 1 saturated carbocycles. The van der Waals surface area contributed by atoms with Crippen LogP contribution in [0.25, 0.3) is 0 Å². The van der Waals surface area contributed by atoms with Crippen molar-refractivity contribution in [1.29, 1.82) is 0 Å². The Morgan fingerprint density at radius 1 is 0.690 bits per heavy atom. The SMILES string of the molecule is CC(C)CCCCCCOC(=O)C1CCCC(C(=O)OCCCCCC(C)C)C1. The molecule has 0 amide bonds. The number of ether oxygens (including phenoxy) is 2. The average Bonchev–Trinajstić information content (AvgIpc) is 2.69. The highest BCUT2D eigenvalue weighted by molar-refractivity contribution is 5.76. The molecule has 1 aliphatic carbocycles. The quantitative estimate of drug-likeness (QED) is 0.222. The van der Waals surface area contributed by atoms with Gasteiger partial charge in [0, 0.05) is 0 Å². The van der Waals surface area contributed by atoms with E-state index in [2.05, 4.69) is 27.7 Å². The maximum atomic E-state index is 12.4. The number of unbranched alkanes of at least 4 members (excludes halogenated alkanes) is 5. The molecule has 0 saturated heterocycles. The van der Waals surface area contributed by atoms with E-state index in [9.17, 15) is 9.59 Å². The van der Waals surface area contributed by atoms with Crippen LogP contribution in [0.1, 0.15) is 111 Å². The second-order valence-electron chi connectivity index (χ2n) is 9.74. The summed E-state index contributed by atoms with van der Waals surface area (Å²) in [4.78, 5) is 24.7. The minimum Gasteiger partial charge on any atom is -0.465 e. The van der Waals surface area contributed by atoms with Gasteiger partial charge in [0.15, 0.2) is 0 Å². The van der Waals surface area contributed by atoms with Gasteiger partial charge in [0.25, 0.3) is 0 Å². The Bertz CT molecular complexity index is 444. The van der Waals surface area contributed by atoms with E-state index in [-0.39, 0.29) is 23.8 Å². The van der Waals surface area contributed by atoms with Gasteiger partial charge in [-0.3, -0.25) is 9.59 Å². The second kappa shape index (κ2) is 15.7. The van der Waals surface area contributed by atoms with Gasteiger partial charge in [-0.05, 0) is 43.9 Å². The lowest BCUT2D eigenvalue weighted by Crippen LogP contribution is -2.30. The van der Waals surface area contributed by atoms with E-state index in [4.69, 9.17) is 9.47 Å². The summed E-state index contributed by atoms with van der Waals surface area (Å²) in [6, 6.07) is 0. The van der Waals surface area contributed by atoms with Gasteiger partial charge in [0.2, 0.25) is 0 Å². The van der Waals surface area contributed by atoms with Crippen LogP contribution in [-0.4, -0.2) is 25.2 Å². The van der Waals surface area contributed by atoms with Gasteiger partial charge in [-0.15, -0.1) is 0 Å². The zero-order valence-electron chi connectivity index (χ0n) is 19.5. The number of esters is 2. The van der Waals surface area contributed by atoms with Crippen LogP contribution in [0.4, 0.5) is 0 Å². The van der Waals surface area contributed by atoms with Crippen molar-refractivity contribution in [2.75, 3.05) is 13.2 Å². The summed E-state index contributed by atoms with van der Waals surface area (Å²) in [6.07, 6.45) is 13.5. The highest BCUT2D eigenvalue weighted by Crippen LogP contribution is 2.31. The van der Waals surface area contributed by atoms with Gasteiger partial charge < -0.3 is 9.47 Å². The third-order valence-electron chi connectivity index (χ3n) is 5.93. The molecule has 1 aliphatic rings. The molecule has 0 radical (unpaired) electrons. The lowest BCUT2D eigenvalue weighted by Gasteiger charge is -2.26. The first-order valence-corrected chi connectivity index (χ1v) is 12.2. The van der Waals surface area contributed by atoms with Crippen molar-refractivity contribution in [3.05, 3.63) is 0 Å². The summed E-state index contributed by atoms with van der Waals surface area (Å²) in [5, 5.41) is 0. The fraction of sp³-hybridized carbons (Fsp3) is 0.920. The van der Waals surface area contributed by atoms with E-state index < -0.39 is 0 Å². The molecule has 4 nitrogen and oxygen atoms in total. The molecule has 4 heteroatoms. The van der Waals surface area contributed by atoms with Crippen molar-refractivity contribution < 1.29 is 19.1 Å². The number of carbonyl (C=O) groups excluding carboxylic acids is 2. The van der Waals surface area contributed by atoms with Gasteiger partial charge in [0.1, 0.15) is 0 Å². The third kappa shape index (κ3) is 13.0. The first-order chi connectivity index (χ1) is 13.9. The van der Waals surface area contributed by atoms with Crippen LogP contribution in [0.15, 0.2) is 0 Å². The zero-order valence-corrected chi connectivity index (χ0v) is 19.5. The maximum Gasteiger partial charge on any atom is 0.308 e. The van der Waals surface area contributed by atoms with Crippen LogP contribution in [0.5, 0.6) is 0 Å². The maximum absolute atomic E-state index is 12.4. The van der Waals surface area contributed by atoms with E-state index in [0.29, 0.717) is 19.6 Å². The minimum absolute atomic E-state index is 0.113. The monoisotopic (exact) mass is 410 g/mol. The predicted octanol–water partition coefficient (Wildman–Crippen LogP) is 6.70. The van der Waals surface area contributed by atoms with Gasteiger partial charge in [-0.25, -0.2) is 0 Å². The van der Waals surface area contributed by atoms with Crippen molar-refractivity contribution >= 4 is 11.9 Å². The van der Waals surface area contributed by atoms with Crippen LogP contribution in [0.2, 0.25) is 0 Å². The highest BCUT2D eigenvalue weighted by atomic mass is 16.5. The smallest absolute Gasteiger partial charge is 0.308 e. The first kappa shape index (κ1) is 26.0. The lowest BCUT2D eigenvalue weighted by molar-refractivity contribution is -0.155. The summed E-state index contributed by atoms with van der Waals surface area (Å²) < 4.78 is 11.0. The van der Waals surface area contributed by atoms with Gasteiger partial charge in [-0.2, -0.15) is 0 Å². The summed E-state index contributed by atoms with van der Waals surface area (Å²) in [5.74, 6) is 1.01. The molecular weight excluding hydrogens is 364 g/mol. The van der Waals surface area contributed by atoms with Crippen molar-refractivity contribution in [3.8, 4) is 0 Å². The summed E-state index contributed by atoms with van der Waals surface area (Å²) in [5.41, 5.74) is 0. The Morgan fingerprint density at radius 3 is 1.55 bits per heavy atom. The molecule has 0 N–H and O–H groups in total. The Morgan fingerprint density at radius 2 is 1.10 bits per heavy atom. The molecule has 2 atom stereocenters. The van der Waals surface area contributed by atoms with Crippen LogP contribution in [-0.2, 0) is 19.1 Å². The van der Waals surface area contributed by atoms with Gasteiger partial charge in [0.05, 0.1) is 25.0 Å². The summed E-state index contributed by atoms with van der Waals surface area (Å²) in [6.45, 7) is 10.0. The summed E-state index contributed by atoms with van der Waals surface area (Å²) >= 11 is 0. The highest BCUT2D eigenvalue weighted by Gasteiger charge is 2.32. The number of hydrogen-bond acceptors (Lipinski definition) is 4. The molecule has 1 fully saturated rings.